The Kier molecular flexibility index (Phi) is 10.2. The lowest BCUT2D eigenvalue weighted by molar-refractivity contribution is -0.137. The van der Waals surface area contributed by atoms with E-state index in [2.05, 4.69) is 19.2 Å². The first-order chi connectivity index (χ1) is 17.8. The van der Waals surface area contributed by atoms with Crippen LogP contribution in [0.1, 0.15) is 49.7 Å². The smallest absolute Gasteiger partial charge is 0.303 e. The van der Waals surface area contributed by atoms with E-state index in [9.17, 15) is 9.59 Å². The number of allylic oxidation sites excluding steroid dienone is 3. The second-order valence-corrected chi connectivity index (χ2v) is 9.24. The molecule has 192 valence electrons. The Morgan fingerprint density at radius 2 is 1.89 bits per heavy atom. The van der Waals surface area contributed by atoms with E-state index in [0.29, 0.717) is 60.0 Å². The monoisotopic (exact) mass is 517 g/mol. The van der Waals surface area contributed by atoms with Gasteiger partial charge in [0, 0.05) is 35.7 Å². The van der Waals surface area contributed by atoms with Crippen molar-refractivity contribution in [2.75, 3.05) is 13.1 Å². The molecule has 1 aliphatic heterocycles. The molecule has 2 heterocycles. The third kappa shape index (κ3) is 7.86. The van der Waals surface area contributed by atoms with Gasteiger partial charge in [0.2, 0.25) is 5.91 Å². The minimum Gasteiger partial charge on any atom is -0.481 e. The Labute approximate surface area is 223 Å². The average Bonchev–Trinajstić information content (AvgIpc) is 2.90. The van der Waals surface area contributed by atoms with Crippen LogP contribution < -0.4 is 0 Å². The fraction of sp³-hybridized carbons (Fsp3) is 0.267. The highest BCUT2D eigenvalue weighted by Crippen LogP contribution is 2.27. The van der Waals surface area contributed by atoms with Gasteiger partial charge in [0.05, 0.1) is 22.8 Å². The Hall–Kier alpha value is -3.77. The summed E-state index contributed by atoms with van der Waals surface area (Å²) < 4.78 is 0. The minimum atomic E-state index is -0.819. The van der Waals surface area contributed by atoms with E-state index in [0.717, 1.165) is 17.7 Å². The second kappa shape index (κ2) is 13.5. The third-order valence-electron chi connectivity index (χ3n) is 6.06. The molecule has 0 spiro atoms. The predicted molar refractivity (Wildman–Crippen MR) is 150 cm³/mol. The van der Waals surface area contributed by atoms with E-state index in [1.807, 2.05) is 29.2 Å². The van der Waals surface area contributed by atoms with E-state index in [1.165, 1.54) is 5.57 Å². The van der Waals surface area contributed by atoms with Crippen molar-refractivity contribution in [1.29, 1.82) is 0 Å². The maximum absolute atomic E-state index is 13.2. The summed E-state index contributed by atoms with van der Waals surface area (Å²) >= 11 is 6.07. The second-order valence-electron chi connectivity index (χ2n) is 8.80. The van der Waals surface area contributed by atoms with Crippen LogP contribution in [0.4, 0.5) is 0 Å². The number of hydrogen-bond acceptors (Lipinski definition) is 4. The average molecular weight is 518 g/mol. The number of hydrogen-bond donors (Lipinski definition) is 1. The molecule has 2 aromatic rings. The van der Waals surface area contributed by atoms with Crippen LogP contribution in [0.5, 0.6) is 0 Å². The van der Waals surface area contributed by atoms with Crippen LogP contribution in [-0.2, 0) is 16.0 Å². The Balaban J connectivity index is 1.91. The van der Waals surface area contributed by atoms with Crippen LogP contribution in [0.2, 0.25) is 5.02 Å². The molecule has 0 bridgehead atoms. The number of carboxylic acids is 1. The van der Waals surface area contributed by atoms with Gasteiger partial charge >= 0.3 is 5.97 Å². The summed E-state index contributed by atoms with van der Waals surface area (Å²) in [6, 6.07) is 7.35. The van der Waals surface area contributed by atoms with Gasteiger partial charge in [-0.25, -0.2) is 9.97 Å². The van der Waals surface area contributed by atoms with Crippen molar-refractivity contribution in [2.24, 2.45) is 0 Å². The minimum absolute atomic E-state index is 0.0513. The summed E-state index contributed by atoms with van der Waals surface area (Å²) in [5, 5.41) is 9.61. The van der Waals surface area contributed by atoms with Crippen molar-refractivity contribution < 1.29 is 14.7 Å². The standard InChI is InChI=1S/C30H32ClN3O3/c1-4-6-9-22-16-18-34(19-17-22)30(37)21(3)20-27-25(5-2)33-29(23-12-14-24(31)15-13-23)26(32-27)10-7-8-11-28(35)36/h4-6,9,12-16,20H,1-2,7-8,10-11,17-19H2,3H3,(H,35,36). The number of aryl methyl sites for hydroxylation is 1. The molecule has 0 atom stereocenters. The van der Waals surface area contributed by atoms with Crippen molar-refractivity contribution in [2.45, 2.75) is 39.0 Å². The van der Waals surface area contributed by atoms with E-state index in [-0.39, 0.29) is 12.3 Å². The highest BCUT2D eigenvalue weighted by Gasteiger charge is 2.19. The summed E-state index contributed by atoms with van der Waals surface area (Å²) in [6.07, 6.45) is 13.7. The number of carbonyl (C=O) groups is 2. The van der Waals surface area contributed by atoms with Crippen molar-refractivity contribution in [1.82, 2.24) is 14.9 Å². The first kappa shape index (κ1) is 27.8. The fourth-order valence-corrected chi connectivity index (χ4v) is 4.19. The molecule has 0 fully saturated rings. The summed E-state index contributed by atoms with van der Waals surface area (Å²) in [4.78, 5) is 35.6. The SMILES string of the molecule is C=CC=CC1=CCN(C(=O)C(C)=Cc2nc(CCCCC(=O)O)c(-c3ccc(Cl)cc3)nc2C=C)CC1. The van der Waals surface area contributed by atoms with Gasteiger partial charge in [0.25, 0.3) is 0 Å². The fourth-order valence-electron chi connectivity index (χ4n) is 4.06. The molecule has 1 aromatic carbocycles. The Morgan fingerprint density at radius 1 is 1.14 bits per heavy atom. The van der Waals surface area contributed by atoms with Gasteiger partial charge in [-0.3, -0.25) is 9.59 Å². The predicted octanol–water partition coefficient (Wildman–Crippen LogP) is 6.54. The normalized spacial score (nSPS) is 13.9. The first-order valence-electron chi connectivity index (χ1n) is 12.3. The van der Waals surface area contributed by atoms with Gasteiger partial charge in [-0.05, 0) is 62.5 Å². The molecule has 1 aromatic heterocycles. The number of nitrogens with zero attached hydrogens (tertiary/aromatic N) is 3. The highest BCUT2D eigenvalue weighted by molar-refractivity contribution is 6.30. The summed E-state index contributed by atoms with van der Waals surface area (Å²) in [7, 11) is 0. The zero-order valence-electron chi connectivity index (χ0n) is 21.1. The molecule has 1 aliphatic rings. The van der Waals surface area contributed by atoms with Crippen molar-refractivity contribution in [3.05, 3.63) is 95.0 Å². The van der Waals surface area contributed by atoms with Gasteiger partial charge in [0.1, 0.15) is 0 Å². The van der Waals surface area contributed by atoms with Crippen LogP contribution >= 0.6 is 11.6 Å². The number of benzene rings is 1. The van der Waals surface area contributed by atoms with Crippen LogP contribution in [0, 0.1) is 0 Å². The van der Waals surface area contributed by atoms with Crippen LogP contribution in [0.15, 0.2) is 72.9 Å². The maximum Gasteiger partial charge on any atom is 0.303 e. The maximum atomic E-state index is 13.2. The molecule has 0 saturated carbocycles. The summed E-state index contributed by atoms with van der Waals surface area (Å²) in [6.45, 7) is 10.6. The number of unbranched alkanes of at least 4 members (excludes halogenated alkanes) is 1. The van der Waals surface area contributed by atoms with Gasteiger partial charge < -0.3 is 10.0 Å². The van der Waals surface area contributed by atoms with Crippen molar-refractivity contribution in [3.63, 3.8) is 0 Å². The third-order valence-corrected chi connectivity index (χ3v) is 6.31. The number of carboxylic acid groups (broad SMARTS) is 1. The molecule has 37 heavy (non-hydrogen) atoms. The first-order valence-corrected chi connectivity index (χ1v) is 12.7. The van der Waals surface area contributed by atoms with E-state index in [4.69, 9.17) is 26.7 Å². The number of amides is 1. The molecule has 6 nitrogen and oxygen atoms in total. The van der Waals surface area contributed by atoms with Gasteiger partial charge in [-0.2, -0.15) is 0 Å². The highest BCUT2D eigenvalue weighted by atomic mass is 35.5. The van der Waals surface area contributed by atoms with Crippen LogP contribution in [-0.4, -0.2) is 44.9 Å². The zero-order chi connectivity index (χ0) is 26.8. The zero-order valence-corrected chi connectivity index (χ0v) is 21.9. The molecule has 0 saturated heterocycles. The van der Waals surface area contributed by atoms with Crippen LogP contribution in [0.3, 0.4) is 0 Å². The molecule has 0 aliphatic carbocycles. The van der Waals surface area contributed by atoms with Gasteiger partial charge in [-0.15, -0.1) is 0 Å². The van der Waals surface area contributed by atoms with Crippen molar-refractivity contribution in [3.8, 4) is 11.3 Å². The Bertz CT molecular complexity index is 1260. The lowest BCUT2D eigenvalue weighted by Crippen LogP contribution is -2.35. The molecule has 1 amide bonds. The molecule has 3 rings (SSSR count). The van der Waals surface area contributed by atoms with Crippen molar-refractivity contribution >= 4 is 35.6 Å². The largest absolute Gasteiger partial charge is 0.481 e. The molecule has 1 N–H and O–H groups in total. The number of aliphatic carboxylic acids is 1. The number of halogens is 1. The summed E-state index contributed by atoms with van der Waals surface area (Å²) in [5.74, 6) is -0.871. The van der Waals surface area contributed by atoms with Gasteiger partial charge in [-0.1, -0.05) is 61.2 Å². The summed E-state index contributed by atoms with van der Waals surface area (Å²) in [5.41, 5.74) is 5.19. The quantitative estimate of drug-likeness (QED) is 0.208. The number of carbonyl (C=O) groups excluding carboxylic acids is 1. The molecule has 0 radical (unpaired) electrons. The lowest BCUT2D eigenvalue weighted by Gasteiger charge is -2.26. The lowest BCUT2D eigenvalue weighted by atomic mass is 10.0. The van der Waals surface area contributed by atoms with Gasteiger partial charge in [0.15, 0.2) is 0 Å². The van der Waals surface area contributed by atoms with Crippen LogP contribution in [0.25, 0.3) is 23.4 Å². The molecular formula is C30H32ClN3O3. The van der Waals surface area contributed by atoms with E-state index >= 15 is 0 Å². The topological polar surface area (TPSA) is 83.4 Å². The molecular weight excluding hydrogens is 486 g/mol. The van der Waals surface area contributed by atoms with E-state index < -0.39 is 5.97 Å². The van der Waals surface area contributed by atoms with E-state index in [1.54, 1.807) is 37.3 Å². The Morgan fingerprint density at radius 3 is 2.51 bits per heavy atom. The number of rotatable bonds is 11. The molecule has 7 heteroatoms. The number of aromatic nitrogens is 2. The molecule has 0 unspecified atom stereocenters.